The monoisotopic (exact) mass is 280 g/mol. The Morgan fingerprint density at radius 1 is 1.15 bits per heavy atom. The van der Waals surface area contributed by atoms with E-state index in [0.717, 1.165) is 5.56 Å². The van der Waals surface area contributed by atoms with E-state index in [-0.39, 0.29) is 6.61 Å². The van der Waals surface area contributed by atoms with Gasteiger partial charge in [-0.1, -0.05) is 13.0 Å². The van der Waals surface area contributed by atoms with E-state index in [1.807, 2.05) is 40.7 Å². The molecule has 1 saturated heterocycles. The Morgan fingerprint density at radius 3 is 2.15 bits per heavy atom. The molecule has 0 saturated carbocycles. The number of hydrogen-bond donors (Lipinski definition) is 1. The van der Waals surface area contributed by atoms with Gasteiger partial charge < -0.3 is 14.4 Å². The quantitative estimate of drug-likeness (QED) is 0.862. The summed E-state index contributed by atoms with van der Waals surface area (Å²) < 4.78 is 25.9. The first-order valence-corrected chi connectivity index (χ1v) is 6.99. The van der Waals surface area contributed by atoms with E-state index in [0.29, 0.717) is 17.4 Å². The Kier molecular flexibility index (Phi) is 3.97. The molecule has 0 amide bonds. The third-order valence-electron chi connectivity index (χ3n) is 4.37. The minimum absolute atomic E-state index is 0.293. The van der Waals surface area contributed by atoms with Gasteiger partial charge in [0.05, 0.1) is 17.8 Å². The van der Waals surface area contributed by atoms with E-state index in [4.69, 9.17) is 9.31 Å². The number of hydrogen-bond acceptors (Lipinski definition) is 3. The van der Waals surface area contributed by atoms with E-state index in [2.05, 4.69) is 0 Å². The maximum atomic E-state index is 14.1. The van der Waals surface area contributed by atoms with Gasteiger partial charge >= 0.3 is 7.12 Å². The van der Waals surface area contributed by atoms with Crippen molar-refractivity contribution in [3.63, 3.8) is 0 Å². The summed E-state index contributed by atoms with van der Waals surface area (Å²) >= 11 is 0. The van der Waals surface area contributed by atoms with Crippen molar-refractivity contribution in [1.82, 2.24) is 0 Å². The summed E-state index contributed by atoms with van der Waals surface area (Å²) in [4.78, 5) is 0. The van der Waals surface area contributed by atoms with Crippen LogP contribution in [0.25, 0.3) is 0 Å². The number of rotatable bonds is 3. The van der Waals surface area contributed by atoms with Gasteiger partial charge in [0, 0.05) is 5.56 Å². The van der Waals surface area contributed by atoms with Crippen molar-refractivity contribution in [3.8, 4) is 0 Å². The van der Waals surface area contributed by atoms with Crippen molar-refractivity contribution >= 4 is 12.6 Å². The van der Waals surface area contributed by atoms with Crippen molar-refractivity contribution in [1.29, 1.82) is 0 Å². The standard InChI is InChI=1S/C15H22BFO3/c1-6-10-7-11(8-13(17)12(10)9-18)16-19-14(2,3)15(4,5)20-16/h7-8,18H,6,9H2,1-5H3. The van der Waals surface area contributed by atoms with Crippen molar-refractivity contribution < 1.29 is 18.8 Å². The Morgan fingerprint density at radius 2 is 1.70 bits per heavy atom. The molecule has 1 aliphatic heterocycles. The fourth-order valence-corrected chi connectivity index (χ4v) is 2.32. The molecule has 0 radical (unpaired) electrons. The van der Waals surface area contributed by atoms with Crippen LogP contribution in [0.3, 0.4) is 0 Å². The topological polar surface area (TPSA) is 38.7 Å². The fraction of sp³-hybridized carbons (Fsp3) is 0.600. The smallest absolute Gasteiger partial charge is 0.399 e. The van der Waals surface area contributed by atoms with Crippen molar-refractivity contribution in [2.75, 3.05) is 0 Å². The van der Waals surface area contributed by atoms with Crippen LogP contribution in [0, 0.1) is 5.82 Å². The summed E-state index contributed by atoms with van der Waals surface area (Å²) in [6, 6.07) is 3.25. The van der Waals surface area contributed by atoms with E-state index >= 15 is 0 Å². The highest BCUT2D eigenvalue weighted by Gasteiger charge is 2.51. The van der Waals surface area contributed by atoms with Crippen LogP contribution in [-0.4, -0.2) is 23.4 Å². The average molecular weight is 280 g/mol. The number of aryl methyl sites for hydroxylation is 1. The summed E-state index contributed by atoms with van der Waals surface area (Å²) in [5.41, 5.74) is 0.909. The molecule has 0 unspecified atom stereocenters. The highest BCUT2D eigenvalue weighted by molar-refractivity contribution is 6.62. The van der Waals surface area contributed by atoms with Crippen LogP contribution in [-0.2, 0) is 22.3 Å². The minimum Gasteiger partial charge on any atom is -0.399 e. The molecule has 1 fully saturated rings. The van der Waals surface area contributed by atoms with Crippen LogP contribution in [0.1, 0.15) is 45.7 Å². The highest BCUT2D eigenvalue weighted by atomic mass is 19.1. The molecule has 1 N–H and O–H groups in total. The molecular formula is C15H22BFO3. The molecule has 0 aliphatic carbocycles. The lowest BCUT2D eigenvalue weighted by Crippen LogP contribution is -2.41. The highest BCUT2D eigenvalue weighted by Crippen LogP contribution is 2.36. The summed E-state index contributed by atoms with van der Waals surface area (Å²) in [5.74, 6) is -0.406. The lowest BCUT2D eigenvalue weighted by Gasteiger charge is -2.32. The molecule has 1 aliphatic rings. The Hall–Kier alpha value is -0.905. The maximum Gasteiger partial charge on any atom is 0.494 e. The lowest BCUT2D eigenvalue weighted by atomic mass is 9.77. The zero-order valence-corrected chi connectivity index (χ0v) is 12.8. The van der Waals surface area contributed by atoms with Gasteiger partial charge in [-0.05, 0) is 51.2 Å². The second kappa shape index (κ2) is 5.13. The van der Waals surface area contributed by atoms with Crippen LogP contribution in [0.4, 0.5) is 4.39 Å². The molecule has 0 atom stereocenters. The first-order chi connectivity index (χ1) is 9.21. The van der Waals surface area contributed by atoms with Crippen LogP contribution in [0.5, 0.6) is 0 Å². The summed E-state index contributed by atoms with van der Waals surface area (Å²) in [7, 11) is -0.576. The summed E-state index contributed by atoms with van der Waals surface area (Å²) in [5, 5.41) is 9.25. The van der Waals surface area contributed by atoms with E-state index in [1.54, 1.807) is 0 Å². The maximum absolute atomic E-state index is 14.1. The molecule has 1 aromatic carbocycles. The molecule has 20 heavy (non-hydrogen) atoms. The molecule has 0 spiro atoms. The van der Waals surface area contributed by atoms with Gasteiger partial charge in [-0.25, -0.2) is 4.39 Å². The van der Waals surface area contributed by atoms with Crippen molar-refractivity contribution in [2.45, 2.75) is 58.8 Å². The Balaban J connectivity index is 2.38. The molecule has 0 bridgehead atoms. The number of benzene rings is 1. The van der Waals surface area contributed by atoms with Crippen LogP contribution >= 0.6 is 0 Å². The van der Waals surface area contributed by atoms with Crippen molar-refractivity contribution in [3.05, 3.63) is 29.1 Å². The molecule has 1 aromatic rings. The molecule has 0 aromatic heterocycles. The van der Waals surface area contributed by atoms with Gasteiger partial charge in [-0.3, -0.25) is 0 Å². The number of halogens is 1. The first-order valence-electron chi connectivity index (χ1n) is 6.99. The molecule has 3 nitrogen and oxygen atoms in total. The zero-order chi connectivity index (χ0) is 15.1. The molecule has 2 rings (SSSR count). The molecule has 1 heterocycles. The predicted octanol–water partition coefficient (Wildman–Crippen LogP) is 2.18. The Bertz CT molecular complexity index is 498. The first kappa shape index (κ1) is 15.5. The summed E-state index contributed by atoms with van der Waals surface area (Å²) in [6.07, 6.45) is 0.653. The number of aliphatic hydroxyl groups excluding tert-OH is 1. The van der Waals surface area contributed by atoms with E-state index in [1.165, 1.54) is 6.07 Å². The van der Waals surface area contributed by atoms with Crippen molar-refractivity contribution in [2.24, 2.45) is 0 Å². The second-order valence-electron chi connectivity index (χ2n) is 6.24. The average Bonchev–Trinajstić information content (AvgIpc) is 2.57. The number of aliphatic hydroxyl groups is 1. The minimum atomic E-state index is -0.576. The van der Waals surface area contributed by atoms with Gasteiger partial charge in [-0.15, -0.1) is 0 Å². The van der Waals surface area contributed by atoms with E-state index < -0.39 is 24.1 Å². The third-order valence-corrected chi connectivity index (χ3v) is 4.37. The van der Waals surface area contributed by atoms with Gasteiger partial charge in [0.15, 0.2) is 0 Å². The van der Waals surface area contributed by atoms with Crippen LogP contribution in [0.15, 0.2) is 12.1 Å². The van der Waals surface area contributed by atoms with Gasteiger partial charge in [0.25, 0.3) is 0 Å². The van der Waals surface area contributed by atoms with Crippen LogP contribution in [0.2, 0.25) is 0 Å². The van der Waals surface area contributed by atoms with Gasteiger partial charge in [-0.2, -0.15) is 0 Å². The molecule has 5 heteroatoms. The van der Waals surface area contributed by atoms with Gasteiger partial charge in [0.2, 0.25) is 0 Å². The molecular weight excluding hydrogens is 258 g/mol. The van der Waals surface area contributed by atoms with Gasteiger partial charge in [0.1, 0.15) is 5.82 Å². The lowest BCUT2D eigenvalue weighted by molar-refractivity contribution is 0.00578. The zero-order valence-electron chi connectivity index (χ0n) is 12.8. The second-order valence-corrected chi connectivity index (χ2v) is 6.24. The fourth-order valence-electron chi connectivity index (χ4n) is 2.32. The van der Waals surface area contributed by atoms with Crippen LogP contribution < -0.4 is 5.46 Å². The largest absolute Gasteiger partial charge is 0.494 e. The van der Waals surface area contributed by atoms with E-state index in [9.17, 15) is 9.50 Å². The summed E-state index contributed by atoms with van der Waals surface area (Å²) in [6.45, 7) is 9.50. The Labute approximate surface area is 120 Å². The normalized spacial score (nSPS) is 20.4. The predicted molar refractivity (Wildman–Crippen MR) is 77.4 cm³/mol. The third kappa shape index (κ3) is 2.50. The SMILES string of the molecule is CCc1cc(B2OC(C)(C)C(C)(C)O2)cc(F)c1CO. The molecule has 110 valence electrons.